The Kier molecular flexibility index (Phi) is 4.11. The van der Waals surface area contributed by atoms with Crippen LogP contribution in [0.4, 0.5) is 5.69 Å². The summed E-state index contributed by atoms with van der Waals surface area (Å²) in [6, 6.07) is 13.1. The van der Waals surface area contributed by atoms with E-state index in [0.29, 0.717) is 6.54 Å². The summed E-state index contributed by atoms with van der Waals surface area (Å²) in [5.74, 6) is 0. The molecule has 0 fully saturated rings. The van der Waals surface area contributed by atoms with Crippen LogP contribution in [0.2, 0.25) is 0 Å². The lowest BCUT2D eigenvalue weighted by Gasteiger charge is -2.13. The lowest BCUT2D eigenvalue weighted by molar-refractivity contribution is 0.597. The summed E-state index contributed by atoms with van der Waals surface area (Å²) in [4.78, 5) is 0.135. The predicted octanol–water partition coefficient (Wildman–Crippen LogP) is 2.56. The van der Waals surface area contributed by atoms with E-state index in [-0.39, 0.29) is 4.90 Å². The Bertz CT molecular complexity index is 710. The minimum Gasteiger partial charge on any atom is -0.381 e. The van der Waals surface area contributed by atoms with E-state index < -0.39 is 10.0 Å². The van der Waals surface area contributed by atoms with Crippen molar-refractivity contribution in [1.82, 2.24) is 0 Å². The number of nitrogens with two attached hydrogens (primary N) is 1. The van der Waals surface area contributed by atoms with Gasteiger partial charge in [-0.3, -0.25) is 0 Å². The molecule has 20 heavy (non-hydrogen) atoms. The van der Waals surface area contributed by atoms with Crippen molar-refractivity contribution in [2.45, 2.75) is 25.3 Å². The maximum absolute atomic E-state index is 11.5. The molecule has 0 unspecified atom stereocenters. The van der Waals surface area contributed by atoms with Crippen molar-refractivity contribution in [2.24, 2.45) is 5.14 Å². The molecule has 0 aromatic heterocycles. The molecule has 0 aliphatic carbocycles. The molecule has 0 atom stereocenters. The van der Waals surface area contributed by atoms with Gasteiger partial charge in [0.25, 0.3) is 0 Å². The normalized spacial score (nSPS) is 11.3. The third-order valence-electron chi connectivity index (χ3n) is 3.30. The van der Waals surface area contributed by atoms with Gasteiger partial charge in [0.1, 0.15) is 0 Å². The van der Waals surface area contributed by atoms with Gasteiger partial charge < -0.3 is 5.32 Å². The number of hydrogen-bond donors (Lipinski definition) is 2. The summed E-state index contributed by atoms with van der Waals surface area (Å²) in [5, 5.41) is 8.46. The van der Waals surface area contributed by atoms with Crippen LogP contribution in [-0.2, 0) is 16.6 Å². The second-order valence-electron chi connectivity index (χ2n) is 4.80. The fourth-order valence-electron chi connectivity index (χ4n) is 1.97. The Morgan fingerprint density at radius 1 is 1.10 bits per heavy atom. The van der Waals surface area contributed by atoms with E-state index in [1.807, 2.05) is 44.2 Å². The minimum atomic E-state index is -3.69. The summed E-state index contributed by atoms with van der Waals surface area (Å²) in [5.41, 5.74) is 3.84. The van der Waals surface area contributed by atoms with E-state index in [1.54, 1.807) is 12.1 Å². The summed E-state index contributed by atoms with van der Waals surface area (Å²) in [7, 11) is -3.69. The molecule has 0 aliphatic rings. The number of hydrogen-bond acceptors (Lipinski definition) is 3. The Hall–Kier alpha value is -1.85. The molecule has 2 aromatic carbocycles. The Labute approximate surface area is 119 Å². The number of aryl methyl sites for hydroxylation is 1. The molecule has 0 heterocycles. The van der Waals surface area contributed by atoms with Gasteiger partial charge in [-0.2, -0.15) is 0 Å². The van der Waals surface area contributed by atoms with Gasteiger partial charge in [0.05, 0.1) is 4.90 Å². The summed E-state index contributed by atoms with van der Waals surface area (Å²) >= 11 is 0. The molecule has 0 amide bonds. The van der Waals surface area contributed by atoms with Crippen molar-refractivity contribution >= 4 is 15.7 Å². The van der Waals surface area contributed by atoms with E-state index in [1.165, 1.54) is 0 Å². The van der Waals surface area contributed by atoms with Gasteiger partial charge in [-0.15, -0.1) is 0 Å². The molecule has 3 N–H and O–H groups in total. The largest absolute Gasteiger partial charge is 0.381 e. The van der Waals surface area contributed by atoms with E-state index >= 15 is 0 Å². The molecule has 106 valence electrons. The van der Waals surface area contributed by atoms with Crippen molar-refractivity contribution in [1.29, 1.82) is 0 Å². The van der Waals surface area contributed by atoms with Crippen molar-refractivity contribution in [3.63, 3.8) is 0 Å². The van der Waals surface area contributed by atoms with E-state index in [4.69, 9.17) is 5.14 Å². The topological polar surface area (TPSA) is 72.2 Å². The first kappa shape index (κ1) is 14.6. The molecule has 0 saturated carbocycles. The lowest BCUT2D eigenvalue weighted by Crippen LogP contribution is -2.13. The number of primary sulfonamides is 1. The number of benzene rings is 2. The minimum absolute atomic E-state index is 0.135. The maximum Gasteiger partial charge on any atom is 0.238 e. The molecule has 0 spiro atoms. The van der Waals surface area contributed by atoms with Gasteiger partial charge in [-0.05, 0) is 42.7 Å². The molecule has 0 radical (unpaired) electrons. The van der Waals surface area contributed by atoms with Gasteiger partial charge >= 0.3 is 0 Å². The zero-order valence-corrected chi connectivity index (χ0v) is 12.4. The zero-order valence-electron chi connectivity index (χ0n) is 11.6. The Morgan fingerprint density at radius 2 is 1.75 bits per heavy atom. The zero-order chi connectivity index (χ0) is 14.8. The predicted molar refractivity (Wildman–Crippen MR) is 81.1 cm³/mol. The van der Waals surface area contributed by atoms with Gasteiger partial charge in [0.2, 0.25) is 10.0 Å². The summed E-state index contributed by atoms with van der Waals surface area (Å²) < 4.78 is 22.9. The molecule has 2 aromatic rings. The average molecular weight is 290 g/mol. The van der Waals surface area contributed by atoms with E-state index in [9.17, 15) is 8.42 Å². The lowest BCUT2D eigenvalue weighted by atomic mass is 10.1. The monoisotopic (exact) mass is 290 g/mol. The second-order valence-corrected chi connectivity index (χ2v) is 6.36. The summed E-state index contributed by atoms with van der Waals surface area (Å²) in [6.07, 6.45) is 0. The molecule has 0 bridgehead atoms. The standard InChI is InChI=1S/C15H18N2O2S/c1-11-8-14(20(16,18)19)9-15(12(11)2)17-10-13-6-4-3-5-7-13/h3-9,17H,10H2,1-2H3,(H2,16,18,19). The summed E-state index contributed by atoms with van der Waals surface area (Å²) in [6.45, 7) is 4.46. The number of anilines is 1. The quantitative estimate of drug-likeness (QED) is 0.909. The van der Waals surface area contributed by atoms with Gasteiger partial charge in [0, 0.05) is 12.2 Å². The van der Waals surface area contributed by atoms with Gasteiger partial charge in [-0.25, -0.2) is 13.6 Å². The molecular weight excluding hydrogens is 272 g/mol. The average Bonchev–Trinajstić information content (AvgIpc) is 2.40. The van der Waals surface area contributed by atoms with E-state index in [0.717, 1.165) is 22.4 Å². The molecular formula is C15H18N2O2S. The van der Waals surface area contributed by atoms with Crippen molar-refractivity contribution in [3.05, 3.63) is 59.2 Å². The van der Waals surface area contributed by atoms with Crippen LogP contribution >= 0.6 is 0 Å². The van der Waals surface area contributed by atoms with E-state index in [2.05, 4.69) is 5.32 Å². The SMILES string of the molecule is Cc1cc(S(N)(=O)=O)cc(NCc2ccccc2)c1C. The fraction of sp³-hybridized carbons (Fsp3) is 0.200. The fourth-order valence-corrected chi connectivity index (χ4v) is 2.59. The van der Waals surface area contributed by atoms with Crippen LogP contribution in [0.15, 0.2) is 47.4 Å². The van der Waals surface area contributed by atoms with Crippen LogP contribution in [0.25, 0.3) is 0 Å². The molecule has 4 nitrogen and oxygen atoms in total. The first-order valence-electron chi connectivity index (χ1n) is 6.30. The number of rotatable bonds is 4. The highest BCUT2D eigenvalue weighted by Gasteiger charge is 2.12. The highest BCUT2D eigenvalue weighted by molar-refractivity contribution is 7.89. The molecule has 0 aliphatic heterocycles. The third-order valence-corrected chi connectivity index (χ3v) is 4.19. The van der Waals surface area contributed by atoms with Crippen LogP contribution < -0.4 is 10.5 Å². The van der Waals surface area contributed by atoms with Crippen LogP contribution in [0.5, 0.6) is 0 Å². The molecule has 0 saturated heterocycles. The molecule has 2 rings (SSSR count). The van der Waals surface area contributed by atoms with Crippen LogP contribution in [-0.4, -0.2) is 8.42 Å². The van der Waals surface area contributed by atoms with Gasteiger partial charge in [0.15, 0.2) is 0 Å². The first-order valence-corrected chi connectivity index (χ1v) is 7.84. The number of nitrogens with one attached hydrogen (secondary N) is 1. The smallest absolute Gasteiger partial charge is 0.238 e. The highest BCUT2D eigenvalue weighted by atomic mass is 32.2. The van der Waals surface area contributed by atoms with Crippen molar-refractivity contribution in [2.75, 3.05) is 5.32 Å². The molecule has 5 heteroatoms. The Balaban J connectivity index is 2.29. The first-order chi connectivity index (χ1) is 9.38. The Morgan fingerprint density at radius 3 is 2.35 bits per heavy atom. The van der Waals surface area contributed by atoms with Crippen molar-refractivity contribution in [3.8, 4) is 0 Å². The van der Waals surface area contributed by atoms with Crippen molar-refractivity contribution < 1.29 is 8.42 Å². The number of sulfonamides is 1. The van der Waals surface area contributed by atoms with Crippen LogP contribution in [0.3, 0.4) is 0 Å². The maximum atomic E-state index is 11.5. The van der Waals surface area contributed by atoms with Crippen LogP contribution in [0.1, 0.15) is 16.7 Å². The van der Waals surface area contributed by atoms with Crippen LogP contribution in [0, 0.1) is 13.8 Å². The highest BCUT2D eigenvalue weighted by Crippen LogP contribution is 2.24. The second kappa shape index (κ2) is 5.64. The van der Waals surface area contributed by atoms with Gasteiger partial charge in [-0.1, -0.05) is 30.3 Å². The third kappa shape index (κ3) is 3.37.